The Morgan fingerprint density at radius 1 is 1.14 bits per heavy atom. The van der Waals surface area contributed by atoms with Crippen LogP contribution in [0, 0.1) is 0 Å². The molecule has 4 nitrogen and oxygen atoms in total. The molecule has 0 radical (unpaired) electrons. The van der Waals surface area contributed by atoms with Crippen LogP contribution in [0.15, 0.2) is 54.9 Å². The van der Waals surface area contributed by atoms with Gasteiger partial charge in [0.2, 0.25) is 0 Å². The van der Waals surface area contributed by atoms with Gasteiger partial charge in [-0.25, -0.2) is 4.98 Å². The largest absolute Gasteiger partial charge is 0.485 e. The molecule has 1 aromatic carbocycles. The van der Waals surface area contributed by atoms with E-state index >= 15 is 0 Å². The molecule has 3 rings (SSSR count). The molecule has 2 aromatic heterocycles. The molecular weight excluding hydrogens is 274 g/mol. The van der Waals surface area contributed by atoms with E-state index in [9.17, 15) is 0 Å². The Morgan fingerprint density at radius 2 is 1.91 bits per heavy atom. The summed E-state index contributed by atoms with van der Waals surface area (Å²) in [5, 5.41) is 0. The van der Waals surface area contributed by atoms with Gasteiger partial charge in [0.25, 0.3) is 0 Å². The van der Waals surface area contributed by atoms with Crippen molar-refractivity contribution in [1.82, 2.24) is 9.38 Å². The average Bonchev–Trinajstić information content (AvgIpc) is 2.88. The van der Waals surface area contributed by atoms with Crippen molar-refractivity contribution in [2.75, 3.05) is 0 Å². The summed E-state index contributed by atoms with van der Waals surface area (Å²) in [6.45, 7) is 4.56. The maximum Gasteiger partial charge on any atom is 0.179 e. The number of fused-ring (bicyclic) bond motifs is 1. The fourth-order valence-electron chi connectivity index (χ4n) is 2.48. The molecule has 0 amide bonds. The molecule has 0 atom stereocenters. The van der Waals surface area contributed by atoms with E-state index in [1.807, 2.05) is 68.7 Å². The van der Waals surface area contributed by atoms with Crippen LogP contribution in [0.25, 0.3) is 5.65 Å². The molecule has 0 fully saturated rings. The molecule has 0 spiro atoms. The van der Waals surface area contributed by atoms with Crippen molar-refractivity contribution in [3.05, 3.63) is 66.1 Å². The number of rotatable bonds is 5. The first-order valence-electron chi connectivity index (χ1n) is 7.43. The Bertz CT molecular complexity index is 757. The van der Waals surface area contributed by atoms with Gasteiger partial charge in [-0.1, -0.05) is 30.3 Å². The summed E-state index contributed by atoms with van der Waals surface area (Å²) < 4.78 is 7.98. The molecule has 3 aromatic rings. The van der Waals surface area contributed by atoms with Crippen LogP contribution in [-0.2, 0) is 13.0 Å². The van der Waals surface area contributed by atoms with Gasteiger partial charge in [0.05, 0.1) is 0 Å². The smallest absolute Gasteiger partial charge is 0.179 e. The van der Waals surface area contributed by atoms with Gasteiger partial charge < -0.3 is 14.9 Å². The zero-order valence-corrected chi connectivity index (χ0v) is 13.0. The van der Waals surface area contributed by atoms with E-state index in [1.54, 1.807) is 0 Å². The van der Waals surface area contributed by atoms with Crippen LogP contribution < -0.4 is 10.5 Å². The summed E-state index contributed by atoms with van der Waals surface area (Å²) in [6.07, 6.45) is 4.63. The van der Waals surface area contributed by atoms with Crippen molar-refractivity contribution in [3.63, 3.8) is 0 Å². The number of hydrogen-bond donors (Lipinski definition) is 1. The highest BCUT2D eigenvalue weighted by Crippen LogP contribution is 2.22. The molecule has 2 heterocycles. The SMILES string of the molecule is CC(C)(N)Cc1cnc2c(OCc3ccccc3)cccn12. The highest BCUT2D eigenvalue weighted by Gasteiger charge is 2.16. The first-order chi connectivity index (χ1) is 10.5. The number of imidazole rings is 1. The highest BCUT2D eigenvalue weighted by molar-refractivity contribution is 5.54. The van der Waals surface area contributed by atoms with Crippen LogP contribution in [0.4, 0.5) is 0 Å². The lowest BCUT2D eigenvalue weighted by Gasteiger charge is -2.17. The summed E-state index contributed by atoms with van der Waals surface area (Å²) in [4.78, 5) is 4.50. The minimum atomic E-state index is -0.267. The Kier molecular flexibility index (Phi) is 3.86. The van der Waals surface area contributed by atoms with Crippen molar-refractivity contribution in [2.45, 2.75) is 32.4 Å². The molecule has 114 valence electrons. The van der Waals surface area contributed by atoms with Crippen LogP contribution in [-0.4, -0.2) is 14.9 Å². The van der Waals surface area contributed by atoms with Gasteiger partial charge in [-0.05, 0) is 31.5 Å². The molecular formula is C18H21N3O. The van der Waals surface area contributed by atoms with Crippen molar-refractivity contribution in [2.24, 2.45) is 5.73 Å². The molecule has 0 unspecified atom stereocenters. The van der Waals surface area contributed by atoms with Gasteiger partial charge >= 0.3 is 0 Å². The van der Waals surface area contributed by atoms with E-state index in [0.717, 1.165) is 29.1 Å². The van der Waals surface area contributed by atoms with E-state index in [1.165, 1.54) is 0 Å². The van der Waals surface area contributed by atoms with Crippen LogP contribution in [0.3, 0.4) is 0 Å². The minimum Gasteiger partial charge on any atom is -0.485 e. The van der Waals surface area contributed by atoms with Gasteiger partial charge in [0, 0.05) is 30.0 Å². The number of benzene rings is 1. The second-order valence-electron chi connectivity index (χ2n) is 6.26. The normalized spacial score (nSPS) is 11.8. The van der Waals surface area contributed by atoms with Crippen molar-refractivity contribution >= 4 is 5.65 Å². The Labute approximate surface area is 130 Å². The number of nitrogens with zero attached hydrogens (tertiary/aromatic N) is 2. The van der Waals surface area contributed by atoms with Gasteiger partial charge in [0.15, 0.2) is 11.4 Å². The maximum atomic E-state index is 6.12. The predicted molar refractivity (Wildman–Crippen MR) is 87.9 cm³/mol. The third kappa shape index (κ3) is 3.28. The minimum absolute atomic E-state index is 0.267. The topological polar surface area (TPSA) is 52.5 Å². The Morgan fingerprint density at radius 3 is 2.64 bits per heavy atom. The van der Waals surface area contributed by atoms with E-state index in [-0.39, 0.29) is 5.54 Å². The first kappa shape index (κ1) is 14.6. The van der Waals surface area contributed by atoms with Gasteiger partial charge in [-0.15, -0.1) is 0 Å². The number of nitrogens with two attached hydrogens (primary N) is 1. The van der Waals surface area contributed by atoms with Crippen molar-refractivity contribution in [3.8, 4) is 5.75 Å². The van der Waals surface area contributed by atoms with Crippen LogP contribution in [0.5, 0.6) is 5.75 Å². The van der Waals surface area contributed by atoms with E-state index in [2.05, 4.69) is 9.38 Å². The molecule has 22 heavy (non-hydrogen) atoms. The molecule has 4 heteroatoms. The van der Waals surface area contributed by atoms with E-state index < -0.39 is 0 Å². The van der Waals surface area contributed by atoms with Crippen LogP contribution >= 0.6 is 0 Å². The monoisotopic (exact) mass is 295 g/mol. The zero-order chi connectivity index (χ0) is 15.6. The molecule has 0 aliphatic rings. The first-order valence-corrected chi connectivity index (χ1v) is 7.43. The summed E-state index contributed by atoms with van der Waals surface area (Å²) in [7, 11) is 0. The molecule has 2 N–H and O–H groups in total. The number of pyridine rings is 1. The van der Waals surface area contributed by atoms with Gasteiger partial charge in [0.1, 0.15) is 6.61 Å². The fraction of sp³-hybridized carbons (Fsp3) is 0.278. The van der Waals surface area contributed by atoms with Crippen molar-refractivity contribution in [1.29, 1.82) is 0 Å². The number of hydrogen-bond acceptors (Lipinski definition) is 3. The average molecular weight is 295 g/mol. The Hall–Kier alpha value is -2.33. The summed E-state index contributed by atoms with van der Waals surface area (Å²) in [6, 6.07) is 14.0. The van der Waals surface area contributed by atoms with Gasteiger partial charge in [-0.2, -0.15) is 0 Å². The lowest BCUT2D eigenvalue weighted by Crippen LogP contribution is -2.34. The third-order valence-corrected chi connectivity index (χ3v) is 3.45. The molecule has 0 saturated heterocycles. The fourth-order valence-corrected chi connectivity index (χ4v) is 2.48. The highest BCUT2D eigenvalue weighted by atomic mass is 16.5. The second kappa shape index (κ2) is 5.81. The Balaban J connectivity index is 1.85. The lowest BCUT2D eigenvalue weighted by molar-refractivity contribution is 0.308. The quantitative estimate of drug-likeness (QED) is 0.786. The molecule has 0 bridgehead atoms. The summed E-state index contributed by atoms with van der Waals surface area (Å²) in [5.41, 5.74) is 8.91. The molecule has 0 saturated carbocycles. The standard InChI is InChI=1S/C18H21N3O/c1-18(2,19)11-15-12-20-17-16(9-6-10-21(15)17)22-13-14-7-4-3-5-8-14/h3-10,12H,11,13,19H2,1-2H3. The van der Waals surface area contributed by atoms with Gasteiger partial charge in [-0.3, -0.25) is 0 Å². The van der Waals surface area contributed by atoms with E-state index in [0.29, 0.717) is 6.61 Å². The second-order valence-corrected chi connectivity index (χ2v) is 6.26. The molecule has 0 aliphatic carbocycles. The summed E-state index contributed by atoms with van der Waals surface area (Å²) >= 11 is 0. The van der Waals surface area contributed by atoms with Crippen LogP contribution in [0.1, 0.15) is 25.1 Å². The lowest BCUT2D eigenvalue weighted by atomic mass is 10.0. The predicted octanol–water partition coefficient (Wildman–Crippen LogP) is 3.19. The molecule has 0 aliphatic heterocycles. The number of aromatic nitrogens is 2. The third-order valence-electron chi connectivity index (χ3n) is 3.45. The number of ether oxygens (including phenoxy) is 1. The summed E-state index contributed by atoms with van der Waals surface area (Å²) in [5.74, 6) is 0.785. The zero-order valence-electron chi connectivity index (χ0n) is 13.0. The van der Waals surface area contributed by atoms with Crippen LogP contribution in [0.2, 0.25) is 0 Å². The van der Waals surface area contributed by atoms with E-state index in [4.69, 9.17) is 10.5 Å². The van der Waals surface area contributed by atoms with Crippen molar-refractivity contribution < 1.29 is 4.74 Å². The maximum absolute atomic E-state index is 6.12.